The summed E-state index contributed by atoms with van der Waals surface area (Å²) >= 11 is 0. The van der Waals surface area contributed by atoms with E-state index in [0.29, 0.717) is 24.6 Å². The number of nitrogens with zero attached hydrogens (tertiary/aromatic N) is 2. The van der Waals surface area contributed by atoms with E-state index >= 15 is 0 Å². The molecule has 1 atom stereocenters. The molecule has 0 bridgehead atoms. The maximum Gasteiger partial charge on any atom is 0.247 e. The van der Waals surface area contributed by atoms with Crippen LogP contribution in [-0.2, 0) is 11.2 Å². The summed E-state index contributed by atoms with van der Waals surface area (Å²) in [6, 6.07) is 26.3. The summed E-state index contributed by atoms with van der Waals surface area (Å²) in [7, 11) is 0. The van der Waals surface area contributed by atoms with E-state index in [1.807, 2.05) is 56.3 Å². The van der Waals surface area contributed by atoms with Gasteiger partial charge in [0.2, 0.25) is 17.7 Å². The van der Waals surface area contributed by atoms with Gasteiger partial charge in [-0.05, 0) is 42.7 Å². The fraction of sp³-hybridized carbons (Fsp3) is 0.192. The minimum atomic E-state index is -0.0804. The Morgan fingerprint density at radius 2 is 1.52 bits per heavy atom. The van der Waals surface area contributed by atoms with Crippen LogP contribution in [0.1, 0.15) is 36.4 Å². The van der Waals surface area contributed by atoms with E-state index in [-0.39, 0.29) is 11.9 Å². The van der Waals surface area contributed by atoms with Gasteiger partial charge in [0.15, 0.2) is 0 Å². The Morgan fingerprint density at radius 3 is 2.23 bits per heavy atom. The molecule has 0 radical (unpaired) electrons. The van der Waals surface area contributed by atoms with Gasteiger partial charge in [-0.15, -0.1) is 10.2 Å². The maximum absolute atomic E-state index is 12.4. The second-order valence-corrected chi connectivity index (χ2v) is 7.64. The third kappa shape index (κ3) is 5.25. The number of carbonyl (C=O) groups excluding carboxylic acids is 1. The van der Waals surface area contributed by atoms with Gasteiger partial charge in [0.05, 0.1) is 6.04 Å². The van der Waals surface area contributed by atoms with Crippen molar-refractivity contribution in [1.29, 1.82) is 0 Å². The molecule has 1 aromatic heterocycles. The van der Waals surface area contributed by atoms with Crippen LogP contribution >= 0.6 is 0 Å². The molecule has 0 saturated carbocycles. The van der Waals surface area contributed by atoms with E-state index in [1.54, 1.807) is 0 Å². The monoisotopic (exact) mass is 411 g/mol. The van der Waals surface area contributed by atoms with E-state index in [1.165, 1.54) is 11.1 Å². The lowest BCUT2D eigenvalue weighted by molar-refractivity contribution is -0.121. The molecule has 5 heteroatoms. The zero-order chi connectivity index (χ0) is 21.6. The normalized spacial score (nSPS) is 11.8. The van der Waals surface area contributed by atoms with Crippen LogP contribution in [0.15, 0.2) is 83.3 Å². The second-order valence-electron chi connectivity index (χ2n) is 7.64. The van der Waals surface area contributed by atoms with Crippen LogP contribution in [0.5, 0.6) is 0 Å². The highest BCUT2D eigenvalue weighted by Crippen LogP contribution is 2.22. The fourth-order valence-corrected chi connectivity index (χ4v) is 3.38. The van der Waals surface area contributed by atoms with Gasteiger partial charge < -0.3 is 9.73 Å². The van der Waals surface area contributed by atoms with E-state index in [9.17, 15) is 4.79 Å². The standard InChI is InChI=1S/C26H25N3O2/c1-18-8-10-23(11-9-18)26-29-28-25(31-26)17-16-24(30)27-19(2)20-12-14-22(15-13-20)21-6-4-3-5-7-21/h3-15,19H,16-17H2,1-2H3,(H,27,30). The zero-order valence-corrected chi connectivity index (χ0v) is 17.7. The molecule has 0 aliphatic rings. The molecule has 0 saturated heterocycles. The second kappa shape index (κ2) is 9.39. The first-order chi connectivity index (χ1) is 15.1. The first-order valence-corrected chi connectivity index (χ1v) is 10.4. The summed E-state index contributed by atoms with van der Waals surface area (Å²) in [4.78, 5) is 12.4. The third-order valence-electron chi connectivity index (χ3n) is 5.23. The molecular weight excluding hydrogens is 386 g/mol. The van der Waals surface area contributed by atoms with Crippen molar-refractivity contribution < 1.29 is 9.21 Å². The van der Waals surface area contributed by atoms with Crippen LogP contribution in [0.2, 0.25) is 0 Å². The first kappa shape index (κ1) is 20.5. The van der Waals surface area contributed by atoms with Gasteiger partial charge in [-0.2, -0.15) is 0 Å². The summed E-state index contributed by atoms with van der Waals surface area (Å²) in [6.45, 7) is 4.01. The predicted octanol–water partition coefficient (Wildman–Crippen LogP) is 5.52. The van der Waals surface area contributed by atoms with Gasteiger partial charge in [0.25, 0.3) is 0 Å². The largest absolute Gasteiger partial charge is 0.421 e. The number of benzene rings is 3. The van der Waals surface area contributed by atoms with Crippen molar-refractivity contribution in [2.75, 3.05) is 0 Å². The van der Waals surface area contributed by atoms with Gasteiger partial charge in [-0.25, -0.2) is 0 Å². The van der Waals surface area contributed by atoms with E-state index in [4.69, 9.17) is 4.42 Å². The lowest BCUT2D eigenvalue weighted by Crippen LogP contribution is -2.26. The van der Waals surface area contributed by atoms with Crippen LogP contribution in [0, 0.1) is 6.92 Å². The Labute approximate surface area is 182 Å². The molecule has 0 aliphatic carbocycles. The molecule has 0 spiro atoms. The predicted molar refractivity (Wildman–Crippen MR) is 121 cm³/mol. The Balaban J connectivity index is 1.30. The summed E-state index contributed by atoms with van der Waals surface area (Å²) < 4.78 is 5.70. The van der Waals surface area contributed by atoms with Gasteiger partial charge in [0, 0.05) is 18.4 Å². The zero-order valence-electron chi connectivity index (χ0n) is 17.7. The molecule has 1 heterocycles. The Bertz CT molecular complexity index is 1130. The number of aryl methyl sites for hydroxylation is 2. The number of nitrogens with one attached hydrogen (secondary N) is 1. The van der Waals surface area contributed by atoms with Crippen molar-refractivity contribution in [2.45, 2.75) is 32.7 Å². The number of hydrogen-bond donors (Lipinski definition) is 1. The molecule has 5 nitrogen and oxygen atoms in total. The highest BCUT2D eigenvalue weighted by Gasteiger charge is 2.13. The van der Waals surface area contributed by atoms with Crippen LogP contribution in [-0.4, -0.2) is 16.1 Å². The van der Waals surface area contributed by atoms with E-state index in [0.717, 1.165) is 16.7 Å². The van der Waals surface area contributed by atoms with Crippen molar-refractivity contribution >= 4 is 5.91 Å². The molecule has 1 amide bonds. The van der Waals surface area contributed by atoms with Crippen LogP contribution in [0.3, 0.4) is 0 Å². The number of amides is 1. The average Bonchev–Trinajstić information content (AvgIpc) is 3.28. The van der Waals surface area contributed by atoms with E-state index < -0.39 is 0 Å². The van der Waals surface area contributed by atoms with Gasteiger partial charge in [0.1, 0.15) is 0 Å². The molecule has 1 unspecified atom stereocenters. The summed E-state index contributed by atoms with van der Waals surface area (Å²) in [5.41, 5.74) is 5.44. The summed E-state index contributed by atoms with van der Waals surface area (Å²) in [5.74, 6) is 0.891. The molecule has 156 valence electrons. The average molecular weight is 412 g/mol. The topological polar surface area (TPSA) is 68.0 Å². The summed E-state index contributed by atoms with van der Waals surface area (Å²) in [6.07, 6.45) is 0.701. The van der Waals surface area contributed by atoms with Crippen LogP contribution in [0.25, 0.3) is 22.6 Å². The van der Waals surface area contributed by atoms with Gasteiger partial charge in [-0.3, -0.25) is 4.79 Å². The Hall–Kier alpha value is -3.73. The molecule has 31 heavy (non-hydrogen) atoms. The lowest BCUT2D eigenvalue weighted by Gasteiger charge is -2.14. The minimum Gasteiger partial charge on any atom is -0.421 e. The summed E-state index contributed by atoms with van der Waals surface area (Å²) in [5, 5.41) is 11.2. The first-order valence-electron chi connectivity index (χ1n) is 10.4. The molecule has 3 aromatic carbocycles. The highest BCUT2D eigenvalue weighted by atomic mass is 16.4. The fourth-order valence-electron chi connectivity index (χ4n) is 3.38. The van der Waals surface area contributed by atoms with Crippen LogP contribution in [0.4, 0.5) is 0 Å². The van der Waals surface area contributed by atoms with Crippen LogP contribution < -0.4 is 5.32 Å². The van der Waals surface area contributed by atoms with Crippen molar-refractivity contribution in [3.63, 3.8) is 0 Å². The smallest absolute Gasteiger partial charge is 0.247 e. The number of rotatable bonds is 7. The van der Waals surface area contributed by atoms with Crippen molar-refractivity contribution in [1.82, 2.24) is 15.5 Å². The molecule has 4 aromatic rings. The third-order valence-corrected chi connectivity index (χ3v) is 5.23. The number of carbonyl (C=O) groups is 1. The molecular formula is C26H25N3O2. The Morgan fingerprint density at radius 1 is 0.871 bits per heavy atom. The maximum atomic E-state index is 12.4. The quantitative estimate of drug-likeness (QED) is 0.435. The highest BCUT2D eigenvalue weighted by molar-refractivity contribution is 5.76. The van der Waals surface area contributed by atoms with Crippen molar-refractivity contribution in [2.24, 2.45) is 0 Å². The molecule has 4 rings (SSSR count). The minimum absolute atomic E-state index is 0.0466. The SMILES string of the molecule is Cc1ccc(-c2nnc(CCC(=O)NC(C)c3ccc(-c4ccccc4)cc3)o2)cc1. The Kier molecular flexibility index (Phi) is 6.22. The van der Waals surface area contributed by atoms with Gasteiger partial charge in [-0.1, -0.05) is 72.3 Å². The lowest BCUT2D eigenvalue weighted by atomic mass is 10.0. The molecule has 0 fully saturated rings. The molecule has 0 aliphatic heterocycles. The van der Waals surface area contributed by atoms with Gasteiger partial charge >= 0.3 is 0 Å². The van der Waals surface area contributed by atoms with Crippen molar-refractivity contribution in [3.05, 3.63) is 95.9 Å². The number of aromatic nitrogens is 2. The molecule has 1 N–H and O–H groups in total. The van der Waals surface area contributed by atoms with Crippen molar-refractivity contribution in [3.8, 4) is 22.6 Å². The number of hydrogen-bond acceptors (Lipinski definition) is 4. The van der Waals surface area contributed by atoms with E-state index in [2.05, 4.69) is 51.9 Å².